The number of rotatable bonds is 5. The Balaban J connectivity index is 1.31. The molecule has 0 aromatic heterocycles. The first kappa shape index (κ1) is 36.7. The molecule has 0 spiro atoms. The third-order valence-electron chi connectivity index (χ3n) is 9.77. The normalized spacial score (nSPS) is 23.9. The van der Waals surface area contributed by atoms with E-state index in [1.54, 1.807) is 22.1 Å². The topological polar surface area (TPSA) is 76.2 Å². The average Bonchev–Trinajstić information content (AvgIpc) is 3.52. The number of halogens is 7. The van der Waals surface area contributed by atoms with Crippen LogP contribution in [0.3, 0.4) is 0 Å². The van der Waals surface area contributed by atoms with Gasteiger partial charge in [-0.15, -0.1) is 0 Å². The minimum Gasteiger partial charge on any atom is -0.340 e. The molecule has 1 saturated heterocycles. The summed E-state index contributed by atoms with van der Waals surface area (Å²) in [4.78, 5) is 45.4. The second-order valence-electron chi connectivity index (χ2n) is 13.1. The molecule has 2 fully saturated rings. The highest BCUT2D eigenvalue weighted by Gasteiger charge is 2.43. The molecule has 2 aromatic carbocycles. The van der Waals surface area contributed by atoms with Gasteiger partial charge in [0.25, 0.3) is 0 Å². The van der Waals surface area contributed by atoms with Crippen LogP contribution in [0.5, 0.6) is 0 Å². The van der Waals surface area contributed by atoms with Crippen molar-refractivity contribution in [2.75, 3.05) is 32.1 Å². The molecular weight excluding hydrogens is 671 g/mol. The smallest absolute Gasteiger partial charge is 0.340 e. The van der Waals surface area contributed by atoms with Crippen LogP contribution in [0.4, 0.5) is 46.0 Å². The van der Waals surface area contributed by atoms with Crippen LogP contribution in [0.2, 0.25) is 0 Å². The molecule has 1 N–H and O–H groups in total. The maximum absolute atomic E-state index is 13.8. The van der Waals surface area contributed by atoms with Gasteiger partial charge in [0.1, 0.15) is 5.82 Å². The monoisotopic (exact) mass is 709 g/mol. The van der Waals surface area contributed by atoms with Crippen molar-refractivity contribution in [3.63, 3.8) is 0 Å². The van der Waals surface area contributed by atoms with Crippen molar-refractivity contribution in [1.29, 1.82) is 0 Å². The first-order valence-electron chi connectivity index (χ1n) is 16.2. The molecule has 2 heterocycles. The van der Waals surface area contributed by atoms with Gasteiger partial charge in [-0.2, -0.15) is 26.3 Å². The summed E-state index contributed by atoms with van der Waals surface area (Å²) in [6, 6.07) is 4.37. The van der Waals surface area contributed by atoms with Gasteiger partial charge in [-0.25, -0.2) is 14.0 Å². The van der Waals surface area contributed by atoms with Crippen LogP contribution in [-0.4, -0.2) is 78.0 Å². The predicted molar refractivity (Wildman–Crippen MR) is 171 cm³/mol. The van der Waals surface area contributed by atoms with E-state index in [1.165, 1.54) is 36.2 Å². The van der Waals surface area contributed by atoms with Crippen molar-refractivity contribution >= 4 is 23.7 Å². The van der Waals surface area contributed by atoms with Crippen molar-refractivity contribution < 1.29 is 45.1 Å². The minimum absolute atomic E-state index is 0.0118. The fourth-order valence-electron chi connectivity index (χ4n) is 6.86. The maximum Gasteiger partial charge on any atom is 0.416 e. The molecule has 5 rings (SSSR count). The van der Waals surface area contributed by atoms with E-state index in [0.717, 1.165) is 7.05 Å². The first-order chi connectivity index (χ1) is 23.4. The predicted octanol–water partition coefficient (Wildman–Crippen LogP) is 7.39. The van der Waals surface area contributed by atoms with Crippen LogP contribution in [0.25, 0.3) is 0 Å². The molecule has 1 saturated carbocycles. The van der Waals surface area contributed by atoms with Gasteiger partial charge in [0.05, 0.1) is 23.2 Å². The second kappa shape index (κ2) is 14.4. The number of hydrogen-bond acceptors (Lipinski definition) is 3. The Morgan fingerprint density at radius 3 is 2.00 bits per heavy atom. The molecule has 0 bridgehead atoms. The summed E-state index contributed by atoms with van der Waals surface area (Å²) in [5.41, 5.74) is -3.12. The van der Waals surface area contributed by atoms with Gasteiger partial charge < -0.3 is 15.1 Å². The van der Waals surface area contributed by atoms with Crippen molar-refractivity contribution in [3.8, 4) is 0 Å². The summed E-state index contributed by atoms with van der Waals surface area (Å²) in [5.74, 6) is -1.55. The van der Waals surface area contributed by atoms with E-state index in [4.69, 9.17) is 0 Å². The fraction of sp³-hybridized carbons (Fsp3) is 0.457. The zero-order chi connectivity index (χ0) is 36.5. The highest BCUT2D eigenvalue weighted by atomic mass is 19.4. The Hall–Kier alpha value is -4.56. The van der Waals surface area contributed by atoms with Gasteiger partial charge in [0, 0.05) is 56.9 Å². The van der Waals surface area contributed by atoms with Crippen LogP contribution >= 0.6 is 0 Å². The third kappa shape index (κ3) is 8.07. The molecule has 8 nitrogen and oxygen atoms in total. The number of anilines is 1. The molecule has 1 unspecified atom stereocenters. The summed E-state index contributed by atoms with van der Waals surface area (Å²) in [5, 5.41) is 3.04. The Bertz CT molecular complexity index is 1600. The van der Waals surface area contributed by atoms with E-state index >= 15 is 0 Å². The molecule has 50 heavy (non-hydrogen) atoms. The summed E-state index contributed by atoms with van der Waals surface area (Å²) < 4.78 is 95.1. The molecule has 15 heteroatoms. The van der Waals surface area contributed by atoms with Crippen molar-refractivity contribution in [2.45, 2.75) is 69.0 Å². The van der Waals surface area contributed by atoms with E-state index in [0.29, 0.717) is 48.3 Å². The average molecular weight is 710 g/mol. The van der Waals surface area contributed by atoms with Crippen LogP contribution < -0.4 is 10.2 Å². The number of benzene rings is 2. The lowest BCUT2D eigenvalue weighted by Gasteiger charge is -2.34. The number of likely N-dealkylation sites (tertiary alicyclic amines) is 1. The van der Waals surface area contributed by atoms with Gasteiger partial charge in [0.15, 0.2) is 0 Å². The highest BCUT2D eigenvalue weighted by Crippen LogP contribution is 2.39. The molecular formula is C35H38F7N5O3. The number of hydrogen-bond donors (Lipinski definition) is 1. The molecule has 1 aliphatic carbocycles. The quantitative estimate of drug-likeness (QED) is 0.329. The Kier molecular flexibility index (Phi) is 10.5. The molecule has 3 aliphatic rings. The lowest BCUT2D eigenvalue weighted by Crippen LogP contribution is -2.48. The number of urea groups is 2. The number of carbonyl (C=O) groups is 3. The fourth-order valence-corrected chi connectivity index (χ4v) is 6.86. The zero-order valence-corrected chi connectivity index (χ0v) is 27.6. The van der Waals surface area contributed by atoms with Crippen molar-refractivity contribution in [3.05, 3.63) is 89.4 Å². The number of allylic oxidation sites excluding steroid dienone is 2. The van der Waals surface area contributed by atoms with Crippen LogP contribution in [0.1, 0.15) is 55.2 Å². The zero-order valence-electron chi connectivity index (χ0n) is 27.6. The van der Waals surface area contributed by atoms with E-state index in [1.807, 2.05) is 19.1 Å². The van der Waals surface area contributed by atoms with Crippen LogP contribution in [0.15, 0.2) is 66.9 Å². The molecule has 5 amide bonds. The van der Waals surface area contributed by atoms with Gasteiger partial charge in [-0.05, 0) is 74.6 Å². The van der Waals surface area contributed by atoms with Gasteiger partial charge in [-0.3, -0.25) is 14.6 Å². The Morgan fingerprint density at radius 2 is 1.44 bits per heavy atom. The van der Waals surface area contributed by atoms with Gasteiger partial charge >= 0.3 is 24.4 Å². The summed E-state index contributed by atoms with van der Waals surface area (Å²) in [7, 11) is 2.45. The molecule has 270 valence electrons. The van der Waals surface area contributed by atoms with E-state index < -0.39 is 53.0 Å². The van der Waals surface area contributed by atoms with E-state index in [-0.39, 0.29) is 49.1 Å². The van der Waals surface area contributed by atoms with E-state index in [2.05, 4.69) is 5.32 Å². The summed E-state index contributed by atoms with van der Waals surface area (Å²) in [6.07, 6.45) is -0.802. The number of likely N-dealkylation sites (N-methyl/N-ethyl adjacent to an activating group) is 1. The first-order valence-corrected chi connectivity index (χ1v) is 16.2. The number of carbonyl (C=O) groups excluding carboxylic acids is 3. The molecule has 2 aliphatic heterocycles. The number of alkyl halides is 6. The Labute approximate surface area is 285 Å². The maximum atomic E-state index is 13.8. The lowest BCUT2D eigenvalue weighted by atomic mass is 9.85. The van der Waals surface area contributed by atoms with Gasteiger partial charge in [0.2, 0.25) is 5.91 Å². The van der Waals surface area contributed by atoms with E-state index in [9.17, 15) is 45.1 Å². The SMILES string of the molecule is CC1C=CC=CN1C(=O)NC1CCC(C(=O)N2C[C@@H](N(C)C(=O)N(C)c3cc(C(F)(F)F)cc(C(F)(F)F)c3)[C@H](c3ccc(F)cc3)C2)CC1. The van der Waals surface area contributed by atoms with Gasteiger partial charge in [-0.1, -0.05) is 24.3 Å². The number of nitrogens with one attached hydrogen (secondary N) is 1. The summed E-state index contributed by atoms with van der Waals surface area (Å²) >= 11 is 0. The third-order valence-corrected chi connectivity index (χ3v) is 9.77. The minimum atomic E-state index is -5.10. The molecule has 0 radical (unpaired) electrons. The lowest BCUT2D eigenvalue weighted by molar-refractivity contribution is -0.143. The summed E-state index contributed by atoms with van der Waals surface area (Å²) in [6.45, 7) is 2.09. The largest absolute Gasteiger partial charge is 0.416 e. The standard InChI is InChI=1S/C35H38F7N5O3/c1-21-6-4-5-15-47(21)32(49)43-27-13-9-23(10-14-27)31(48)46-19-29(22-7-11-26(36)12-8-22)30(20-46)45(3)33(50)44(2)28-17-24(34(37,38)39)16-25(18-28)35(40,41)42/h4-8,11-12,15-18,21,23,27,29-30H,9-10,13-14,19-20H2,1-3H3,(H,43,49)/t21?,23?,27?,29-,30+/m0/s1. The molecule has 3 atom stereocenters. The molecule has 2 aromatic rings. The van der Waals surface area contributed by atoms with Crippen molar-refractivity contribution in [2.24, 2.45) is 5.92 Å². The number of nitrogens with zero attached hydrogens (tertiary/aromatic N) is 4. The Morgan fingerprint density at radius 1 is 0.840 bits per heavy atom. The second-order valence-corrected chi connectivity index (χ2v) is 13.1. The highest BCUT2D eigenvalue weighted by molar-refractivity contribution is 5.92. The van der Waals surface area contributed by atoms with Crippen LogP contribution in [0, 0.1) is 11.7 Å². The number of amides is 5. The van der Waals surface area contributed by atoms with Crippen molar-refractivity contribution in [1.82, 2.24) is 20.0 Å². The van der Waals surface area contributed by atoms with Crippen LogP contribution in [-0.2, 0) is 17.1 Å².